The first-order valence-corrected chi connectivity index (χ1v) is 8.70. The molecule has 2 N–H and O–H groups in total. The number of hydrogen-bond acceptors (Lipinski definition) is 2. The molecule has 1 aliphatic heterocycles. The molecule has 2 nitrogen and oxygen atoms in total. The monoisotopic (exact) mass is 280 g/mol. The van der Waals surface area contributed by atoms with Crippen molar-refractivity contribution >= 4 is 0 Å². The van der Waals surface area contributed by atoms with Crippen LogP contribution in [0.25, 0.3) is 0 Å². The van der Waals surface area contributed by atoms with Gasteiger partial charge in [-0.3, -0.25) is 0 Å². The third-order valence-corrected chi connectivity index (χ3v) is 5.11. The summed E-state index contributed by atoms with van der Waals surface area (Å²) in [6, 6.07) is 0. The Morgan fingerprint density at radius 1 is 1.30 bits per heavy atom. The highest BCUT2D eigenvalue weighted by Crippen LogP contribution is 2.40. The Morgan fingerprint density at radius 3 is 2.70 bits per heavy atom. The molecule has 1 unspecified atom stereocenters. The molecular weight excluding hydrogens is 244 g/mol. The Kier molecular flexibility index (Phi) is 7.65. The summed E-state index contributed by atoms with van der Waals surface area (Å²) in [4.78, 5) is 0. The fourth-order valence-electron chi connectivity index (χ4n) is 3.61. The van der Waals surface area contributed by atoms with Crippen LogP contribution in [0.1, 0.15) is 72.6 Å². The largest absolute Gasteiger partial charge is 0.383 e. The molecule has 0 radical (unpaired) electrons. The van der Waals surface area contributed by atoms with E-state index in [-0.39, 0.29) is 5.54 Å². The number of nitrogens with one attached hydrogen (secondary N) is 2. The minimum absolute atomic E-state index is 0.277. The average molecular weight is 280 g/mol. The van der Waals surface area contributed by atoms with Crippen molar-refractivity contribution in [1.29, 1.82) is 0 Å². The van der Waals surface area contributed by atoms with Gasteiger partial charge in [-0.2, -0.15) is 0 Å². The van der Waals surface area contributed by atoms with E-state index in [0.29, 0.717) is 0 Å². The van der Waals surface area contributed by atoms with Crippen molar-refractivity contribution in [3.63, 3.8) is 0 Å². The van der Waals surface area contributed by atoms with Crippen LogP contribution in [0.3, 0.4) is 0 Å². The van der Waals surface area contributed by atoms with Gasteiger partial charge >= 0.3 is 0 Å². The lowest BCUT2D eigenvalue weighted by molar-refractivity contribution is 0.209. The van der Waals surface area contributed by atoms with Crippen molar-refractivity contribution in [2.24, 2.45) is 11.8 Å². The molecule has 0 aromatic rings. The smallest absolute Gasteiger partial charge is 0.0374 e. The van der Waals surface area contributed by atoms with Crippen molar-refractivity contribution in [2.45, 2.75) is 78.2 Å². The van der Waals surface area contributed by atoms with Gasteiger partial charge < -0.3 is 10.6 Å². The Balaban J connectivity index is 2.22. The molecule has 1 aliphatic rings. The first-order chi connectivity index (χ1) is 9.53. The normalized spacial score (nSPS) is 27.6. The van der Waals surface area contributed by atoms with Crippen LogP contribution in [0.4, 0.5) is 0 Å². The van der Waals surface area contributed by atoms with Gasteiger partial charge in [0.15, 0.2) is 0 Å². The van der Waals surface area contributed by atoms with E-state index >= 15 is 0 Å². The minimum Gasteiger partial charge on any atom is -0.383 e. The van der Waals surface area contributed by atoms with Gasteiger partial charge in [-0.25, -0.2) is 0 Å². The zero-order chi connectivity index (χ0) is 15.0. The molecule has 0 aliphatic carbocycles. The number of rotatable bonds is 10. The highest BCUT2D eigenvalue weighted by Gasteiger charge is 2.41. The maximum atomic E-state index is 4.15. The van der Waals surface area contributed by atoms with E-state index in [4.69, 9.17) is 0 Å². The maximum absolute atomic E-state index is 4.15. The highest BCUT2D eigenvalue weighted by molar-refractivity contribution is 5.12. The predicted molar refractivity (Wildman–Crippen MR) is 89.9 cm³/mol. The van der Waals surface area contributed by atoms with E-state index in [1.807, 2.05) is 0 Å². The molecule has 1 rings (SSSR count). The van der Waals surface area contributed by atoms with Gasteiger partial charge in [0.2, 0.25) is 0 Å². The fourth-order valence-corrected chi connectivity index (χ4v) is 3.61. The SMILES string of the molecule is C=C1C[C@H](C(C)CCCCCNCCC)[C@](C)(CC)N1. The first-order valence-electron chi connectivity index (χ1n) is 8.70. The van der Waals surface area contributed by atoms with E-state index in [9.17, 15) is 0 Å². The third kappa shape index (κ3) is 5.12. The van der Waals surface area contributed by atoms with Crippen molar-refractivity contribution in [2.75, 3.05) is 13.1 Å². The molecule has 1 saturated heterocycles. The van der Waals surface area contributed by atoms with Crippen LogP contribution in [0.15, 0.2) is 12.3 Å². The lowest BCUT2D eigenvalue weighted by atomic mass is 9.75. The van der Waals surface area contributed by atoms with Gasteiger partial charge in [0.25, 0.3) is 0 Å². The minimum atomic E-state index is 0.277. The van der Waals surface area contributed by atoms with E-state index in [2.05, 4.69) is 44.9 Å². The van der Waals surface area contributed by atoms with Crippen molar-refractivity contribution in [1.82, 2.24) is 10.6 Å². The second-order valence-corrected chi connectivity index (χ2v) is 6.89. The molecule has 20 heavy (non-hydrogen) atoms. The van der Waals surface area contributed by atoms with Crippen LogP contribution >= 0.6 is 0 Å². The van der Waals surface area contributed by atoms with Crippen LogP contribution in [0.2, 0.25) is 0 Å². The Hall–Kier alpha value is -0.500. The molecule has 3 atom stereocenters. The lowest BCUT2D eigenvalue weighted by Crippen LogP contribution is -2.42. The van der Waals surface area contributed by atoms with Crippen molar-refractivity contribution in [3.8, 4) is 0 Å². The molecule has 0 aromatic carbocycles. The van der Waals surface area contributed by atoms with Gasteiger partial charge in [0, 0.05) is 11.2 Å². The van der Waals surface area contributed by atoms with E-state index in [1.54, 1.807) is 0 Å². The van der Waals surface area contributed by atoms with Crippen molar-refractivity contribution in [3.05, 3.63) is 12.3 Å². The second-order valence-electron chi connectivity index (χ2n) is 6.89. The topological polar surface area (TPSA) is 24.1 Å². The molecule has 2 heteroatoms. The molecular formula is C18H36N2. The summed E-state index contributed by atoms with van der Waals surface area (Å²) in [7, 11) is 0. The molecule has 118 valence electrons. The summed E-state index contributed by atoms with van der Waals surface area (Å²) >= 11 is 0. The highest BCUT2D eigenvalue weighted by atomic mass is 15.0. The molecule has 0 amide bonds. The van der Waals surface area contributed by atoms with Crippen LogP contribution in [-0.4, -0.2) is 18.6 Å². The molecule has 0 bridgehead atoms. The quantitative estimate of drug-likeness (QED) is 0.577. The van der Waals surface area contributed by atoms with Crippen LogP contribution < -0.4 is 10.6 Å². The average Bonchev–Trinajstić information content (AvgIpc) is 2.73. The van der Waals surface area contributed by atoms with Gasteiger partial charge in [0.05, 0.1) is 0 Å². The molecule has 0 saturated carbocycles. The standard InChI is InChI=1S/C18H36N2/c1-6-12-19-13-10-8-9-11-15(3)17-14-16(4)20-18(17,5)7-2/h15,17,19-20H,4,6-14H2,1-3,5H3/t15?,17-,18+/m1/s1. The Labute approximate surface area is 126 Å². The number of hydrogen-bond donors (Lipinski definition) is 2. The Morgan fingerprint density at radius 2 is 2.05 bits per heavy atom. The third-order valence-electron chi connectivity index (χ3n) is 5.11. The van der Waals surface area contributed by atoms with Gasteiger partial charge in [-0.15, -0.1) is 0 Å². The summed E-state index contributed by atoms with van der Waals surface area (Å²) in [5.41, 5.74) is 1.52. The van der Waals surface area contributed by atoms with Crippen LogP contribution in [-0.2, 0) is 0 Å². The summed E-state index contributed by atoms with van der Waals surface area (Å²) in [6.07, 6.45) is 9.04. The second kappa shape index (κ2) is 8.71. The maximum Gasteiger partial charge on any atom is 0.0374 e. The van der Waals surface area contributed by atoms with Crippen molar-refractivity contribution < 1.29 is 0 Å². The van der Waals surface area contributed by atoms with E-state index in [1.165, 1.54) is 63.7 Å². The molecule has 1 heterocycles. The zero-order valence-corrected chi connectivity index (χ0v) is 14.2. The van der Waals surface area contributed by atoms with Gasteiger partial charge in [0.1, 0.15) is 0 Å². The molecule has 0 spiro atoms. The summed E-state index contributed by atoms with van der Waals surface area (Å²) < 4.78 is 0. The summed E-state index contributed by atoms with van der Waals surface area (Å²) in [5, 5.41) is 7.12. The number of allylic oxidation sites excluding steroid dienone is 1. The number of unbranched alkanes of at least 4 members (excludes halogenated alkanes) is 2. The zero-order valence-electron chi connectivity index (χ0n) is 14.2. The summed E-state index contributed by atoms with van der Waals surface area (Å²) in [6.45, 7) is 15.8. The van der Waals surface area contributed by atoms with E-state index < -0.39 is 0 Å². The van der Waals surface area contributed by atoms with Crippen LogP contribution in [0.5, 0.6) is 0 Å². The van der Waals surface area contributed by atoms with Gasteiger partial charge in [-0.05, 0) is 57.5 Å². The fraction of sp³-hybridized carbons (Fsp3) is 0.889. The van der Waals surface area contributed by atoms with Gasteiger partial charge in [-0.1, -0.05) is 46.6 Å². The Bertz CT molecular complexity index is 287. The summed E-state index contributed by atoms with van der Waals surface area (Å²) in [5.74, 6) is 1.56. The molecule has 0 aromatic heterocycles. The predicted octanol–water partition coefficient (Wildman–Crippen LogP) is 4.47. The lowest BCUT2D eigenvalue weighted by Gasteiger charge is -2.34. The first kappa shape index (κ1) is 17.6. The van der Waals surface area contributed by atoms with E-state index in [0.717, 1.165) is 11.8 Å². The van der Waals surface area contributed by atoms with Crippen LogP contribution in [0, 0.1) is 11.8 Å². The molecule has 1 fully saturated rings.